The maximum absolute atomic E-state index is 6.24. The fourth-order valence-electron chi connectivity index (χ4n) is 2.25. The summed E-state index contributed by atoms with van der Waals surface area (Å²) in [4.78, 5) is 0. The Bertz CT molecular complexity index is 519. The lowest BCUT2D eigenvalue weighted by Gasteiger charge is -2.14. The molecule has 0 bridgehead atoms. The van der Waals surface area contributed by atoms with Crippen LogP contribution in [0.5, 0.6) is 5.75 Å². The zero-order chi connectivity index (χ0) is 13.7. The quantitative estimate of drug-likeness (QED) is 0.891. The lowest BCUT2D eigenvalue weighted by atomic mass is 9.98. The fourth-order valence-corrected chi connectivity index (χ4v) is 2.25. The SMILES string of the molecule is COc1ccccc1CC(N)Cc1ccc(C)cc1. The molecule has 2 rings (SSSR count). The fraction of sp³-hybridized carbons (Fsp3) is 0.294. The van der Waals surface area contributed by atoms with Crippen LogP contribution in [0.3, 0.4) is 0 Å². The Hall–Kier alpha value is -1.80. The van der Waals surface area contributed by atoms with Crippen molar-refractivity contribution in [3.63, 3.8) is 0 Å². The number of nitrogens with two attached hydrogens (primary N) is 1. The third-order valence-corrected chi connectivity index (χ3v) is 3.29. The number of aryl methyl sites for hydroxylation is 1. The van der Waals surface area contributed by atoms with E-state index in [9.17, 15) is 0 Å². The van der Waals surface area contributed by atoms with Gasteiger partial charge in [-0.3, -0.25) is 0 Å². The van der Waals surface area contributed by atoms with Gasteiger partial charge in [-0.05, 0) is 37.0 Å². The van der Waals surface area contributed by atoms with Gasteiger partial charge in [0.15, 0.2) is 0 Å². The van der Waals surface area contributed by atoms with Crippen LogP contribution in [-0.2, 0) is 12.8 Å². The van der Waals surface area contributed by atoms with Gasteiger partial charge in [0.25, 0.3) is 0 Å². The summed E-state index contributed by atoms with van der Waals surface area (Å²) < 4.78 is 5.36. The summed E-state index contributed by atoms with van der Waals surface area (Å²) >= 11 is 0. The molecule has 0 saturated heterocycles. The first-order valence-electron chi connectivity index (χ1n) is 6.62. The Morgan fingerprint density at radius 2 is 1.68 bits per heavy atom. The number of rotatable bonds is 5. The van der Waals surface area contributed by atoms with E-state index in [1.165, 1.54) is 16.7 Å². The van der Waals surface area contributed by atoms with Crippen molar-refractivity contribution in [1.82, 2.24) is 0 Å². The van der Waals surface area contributed by atoms with Crippen LogP contribution < -0.4 is 10.5 Å². The Balaban J connectivity index is 2.01. The van der Waals surface area contributed by atoms with Gasteiger partial charge < -0.3 is 10.5 Å². The van der Waals surface area contributed by atoms with E-state index < -0.39 is 0 Å². The highest BCUT2D eigenvalue weighted by Gasteiger charge is 2.09. The van der Waals surface area contributed by atoms with E-state index in [4.69, 9.17) is 10.5 Å². The van der Waals surface area contributed by atoms with Gasteiger partial charge in [-0.1, -0.05) is 48.0 Å². The highest BCUT2D eigenvalue weighted by molar-refractivity contribution is 5.34. The van der Waals surface area contributed by atoms with Crippen LogP contribution in [-0.4, -0.2) is 13.2 Å². The summed E-state index contributed by atoms with van der Waals surface area (Å²) in [5.74, 6) is 0.918. The van der Waals surface area contributed by atoms with E-state index >= 15 is 0 Å². The van der Waals surface area contributed by atoms with Crippen molar-refractivity contribution in [3.05, 3.63) is 65.2 Å². The van der Waals surface area contributed by atoms with Crippen LogP contribution in [0.4, 0.5) is 0 Å². The van der Waals surface area contributed by atoms with Crippen molar-refractivity contribution in [1.29, 1.82) is 0 Å². The molecule has 1 atom stereocenters. The molecule has 0 amide bonds. The second kappa shape index (κ2) is 6.39. The summed E-state index contributed by atoms with van der Waals surface area (Å²) in [6, 6.07) is 16.7. The molecule has 19 heavy (non-hydrogen) atoms. The Kier molecular flexibility index (Phi) is 4.58. The van der Waals surface area contributed by atoms with Crippen molar-refractivity contribution in [2.75, 3.05) is 7.11 Å². The summed E-state index contributed by atoms with van der Waals surface area (Å²) in [5.41, 5.74) is 9.98. The number of methoxy groups -OCH3 is 1. The van der Waals surface area contributed by atoms with Crippen LogP contribution in [0, 0.1) is 6.92 Å². The normalized spacial score (nSPS) is 12.2. The smallest absolute Gasteiger partial charge is 0.122 e. The van der Waals surface area contributed by atoms with Gasteiger partial charge in [0.1, 0.15) is 5.75 Å². The second-order valence-corrected chi connectivity index (χ2v) is 4.97. The topological polar surface area (TPSA) is 35.2 Å². The lowest BCUT2D eigenvalue weighted by molar-refractivity contribution is 0.408. The van der Waals surface area contributed by atoms with Crippen molar-refractivity contribution >= 4 is 0 Å². The number of hydrogen-bond donors (Lipinski definition) is 1. The third-order valence-electron chi connectivity index (χ3n) is 3.29. The Morgan fingerprint density at radius 1 is 1.00 bits per heavy atom. The van der Waals surface area contributed by atoms with Gasteiger partial charge in [-0.15, -0.1) is 0 Å². The second-order valence-electron chi connectivity index (χ2n) is 4.97. The number of para-hydroxylation sites is 1. The van der Waals surface area contributed by atoms with E-state index in [1.54, 1.807) is 7.11 Å². The van der Waals surface area contributed by atoms with Crippen molar-refractivity contribution < 1.29 is 4.74 Å². The molecule has 1 unspecified atom stereocenters. The number of hydrogen-bond acceptors (Lipinski definition) is 2. The molecule has 2 heteroatoms. The average Bonchev–Trinajstić information content (AvgIpc) is 2.42. The van der Waals surface area contributed by atoms with E-state index in [1.807, 2.05) is 18.2 Å². The van der Waals surface area contributed by atoms with Crippen LogP contribution in [0.25, 0.3) is 0 Å². The first-order chi connectivity index (χ1) is 9.19. The molecule has 2 aromatic carbocycles. The van der Waals surface area contributed by atoms with E-state index in [2.05, 4.69) is 37.3 Å². The minimum atomic E-state index is 0.110. The molecular weight excluding hydrogens is 234 g/mol. The monoisotopic (exact) mass is 255 g/mol. The minimum absolute atomic E-state index is 0.110. The van der Waals surface area contributed by atoms with Gasteiger partial charge in [-0.2, -0.15) is 0 Å². The van der Waals surface area contributed by atoms with E-state index in [0.717, 1.165) is 18.6 Å². The predicted octanol–water partition coefficient (Wildman–Crippen LogP) is 3.12. The molecule has 0 saturated carbocycles. The Morgan fingerprint density at radius 3 is 2.37 bits per heavy atom. The molecule has 0 radical (unpaired) electrons. The zero-order valence-corrected chi connectivity index (χ0v) is 11.6. The largest absolute Gasteiger partial charge is 0.496 e. The van der Waals surface area contributed by atoms with Crippen molar-refractivity contribution in [3.8, 4) is 5.75 Å². The molecule has 2 aromatic rings. The molecule has 0 heterocycles. The van der Waals surface area contributed by atoms with Crippen molar-refractivity contribution in [2.24, 2.45) is 5.73 Å². The zero-order valence-electron chi connectivity index (χ0n) is 11.6. The highest BCUT2D eigenvalue weighted by Crippen LogP contribution is 2.19. The van der Waals surface area contributed by atoms with Crippen LogP contribution >= 0.6 is 0 Å². The number of ether oxygens (including phenoxy) is 1. The minimum Gasteiger partial charge on any atom is -0.496 e. The van der Waals surface area contributed by atoms with Crippen molar-refractivity contribution in [2.45, 2.75) is 25.8 Å². The highest BCUT2D eigenvalue weighted by atomic mass is 16.5. The average molecular weight is 255 g/mol. The Labute approximate surface area is 115 Å². The van der Waals surface area contributed by atoms with Crippen LogP contribution in [0.1, 0.15) is 16.7 Å². The van der Waals surface area contributed by atoms with Crippen LogP contribution in [0.15, 0.2) is 48.5 Å². The van der Waals surface area contributed by atoms with Crippen LogP contribution in [0.2, 0.25) is 0 Å². The summed E-state index contributed by atoms with van der Waals surface area (Å²) in [6.07, 6.45) is 1.72. The van der Waals surface area contributed by atoms with Gasteiger partial charge in [0.2, 0.25) is 0 Å². The summed E-state index contributed by atoms with van der Waals surface area (Å²) in [6.45, 7) is 2.10. The van der Waals surface area contributed by atoms with E-state index in [0.29, 0.717) is 0 Å². The molecular formula is C17H21NO. The summed E-state index contributed by atoms with van der Waals surface area (Å²) in [5, 5.41) is 0. The standard InChI is InChI=1S/C17H21NO/c1-13-7-9-14(10-8-13)11-16(18)12-15-5-3-4-6-17(15)19-2/h3-10,16H,11-12,18H2,1-2H3. The number of benzene rings is 2. The van der Waals surface area contributed by atoms with Gasteiger partial charge in [0.05, 0.1) is 7.11 Å². The molecule has 100 valence electrons. The molecule has 0 aliphatic heterocycles. The molecule has 0 fully saturated rings. The molecule has 0 aliphatic carbocycles. The molecule has 2 nitrogen and oxygen atoms in total. The third kappa shape index (κ3) is 3.83. The van der Waals surface area contributed by atoms with E-state index in [-0.39, 0.29) is 6.04 Å². The van der Waals surface area contributed by atoms with Gasteiger partial charge in [-0.25, -0.2) is 0 Å². The molecule has 0 aromatic heterocycles. The molecule has 0 aliphatic rings. The maximum atomic E-state index is 6.24. The maximum Gasteiger partial charge on any atom is 0.122 e. The van der Waals surface area contributed by atoms with Gasteiger partial charge >= 0.3 is 0 Å². The predicted molar refractivity (Wildman–Crippen MR) is 79.6 cm³/mol. The first-order valence-corrected chi connectivity index (χ1v) is 6.62. The molecule has 2 N–H and O–H groups in total. The lowest BCUT2D eigenvalue weighted by Crippen LogP contribution is -2.25. The summed E-state index contributed by atoms with van der Waals surface area (Å²) in [7, 11) is 1.70. The first kappa shape index (κ1) is 13.6. The van der Waals surface area contributed by atoms with Gasteiger partial charge in [0, 0.05) is 6.04 Å². The molecule has 0 spiro atoms.